The van der Waals surface area contributed by atoms with E-state index in [1.54, 1.807) is 11.8 Å². The van der Waals surface area contributed by atoms with E-state index in [9.17, 15) is 4.39 Å². The molecule has 0 saturated heterocycles. The van der Waals surface area contributed by atoms with Crippen LogP contribution >= 0.6 is 35.7 Å². The minimum absolute atomic E-state index is 0. The number of unbranched alkanes of at least 4 members (excludes halogenated alkanes) is 1. The third-order valence-electron chi connectivity index (χ3n) is 4.04. The first-order chi connectivity index (χ1) is 13.2. The van der Waals surface area contributed by atoms with Crippen LogP contribution in [0.4, 0.5) is 4.39 Å². The molecule has 0 atom stereocenters. The standard InChI is InChI=1S/C20H30FN5S.HI/c1-3-22-20(24-11-4-5-14-26-15-13-23-17(26)2)25-12-6-16-27-19-9-7-18(21)8-10-19;/h7-10,13,15H,3-6,11-12,14,16H2,1-2H3,(H2,22,24,25);1H. The molecule has 8 heteroatoms. The van der Waals surface area contributed by atoms with Crippen LogP contribution in [0.25, 0.3) is 0 Å². The summed E-state index contributed by atoms with van der Waals surface area (Å²) in [5.74, 6) is 2.73. The van der Waals surface area contributed by atoms with Crippen LogP contribution in [0.3, 0.4) is 0 Å². The number of hydrogen-bond acceptors (Lipinski definition) is 3. The molecule has 0 saturated carbocycles. The first-order valence-electron chi connectivity index (χ1n) is 9.57. The van der Waals surface area contributed by atoms with E-state index < -0.39 is 0 Å². The van der Waals surface area contributed by atoms with E-state index in [2.05, 4.69) is 32.1 Å². The van der Waals surface area contributed by atoms with E-state index in [0.717, 1.165) is 67.9 Å². The number of nitrogens with one attached hydrogen (secondary N) is 2. The fourth-order valence-electron chi connectivity index (χ4n) is 2.57. The second-order valence-electron chi connectivity index (χ2n) is 6.22. The molecule has 0 bridgehead atoms. The fraction of sp³-hybridized carbons (Fsp3) is 0.500. The van der Waals surface area contributed by atoms with Crippen molar-refractivity contribution in [2.24, 2.45) is 4.99 Å². The van der Waals surface area contributed by atoms with Crippen LogP contribution in [0.2, 0.25) is 0 Å². The van der Waals surface area contributed by atoms with E-state index in [1.807, 2.05) is 31.5 Å². The third kappa shape index (κ3) is 9.77. The predicted octanol–water partition coefficient (Wildman–Crippen LogP) is 4.47. The highest BCUT2D eigenvalue weighted by Crippen LogP contribution is 2.18. The molecule has 0 radical (unpaired) electrons. The summed E-state index contributed by atoms with van der Waals surface area (Å²) in [4.78, 5) is 9.96. The molecule has 0 fully saturated rings. The SMILES string of the molecule is CCNC(=NCCCSc1ccc(F)cc1)NCCCCn1ccnc1C.I. The monoisotopic (exact) mass is 519 g/mol. The van der Waals surface area contributed by atoms with E-state index in [-0.39, 0.29) is 29.8 Å². The van der Waals surface area contributed by atoms with Gasteiger partial charge in [0.2, 0.25) is 0 Å². The van der Waals surface area contributed by atoms with Crippen molar-refractivity contribution in [2.75, 3.05) is 25.4 Å². The summed E-state index contributed by atoms with van der Waals surface area (Å²) in [5.41, 5.74) is 0. The zero-order valence-electron chi connectivity index (χ0n) is 16.7. The van der Waals surface area contributed by atoms with Crippen molar-refractivity contribution in [2.45, 2.75) is 44.6 Å². The van der Waals surface area contributed by atoms with Gasteiger partial charge in [-0.3, -0.25) is 4.99 Å². The molecular formula is C20H31FIN5S. The van der Waals surface area contributed by atoms with E-state index >= 15 is 0 Å². The van der Waals surface area contributed by atoms with Gasteiger partial charge in [0, 0.05) is 43.5 Å². The van der Waals surface area contributed by atoms with Crippen molar-refractivity contribution >= 4 is 41.7 Å². The number of nitrogens with zero attached hydrogens (tertiary/aromatic N) is 3. The summed E-state index contributed by atoms with van der Waals surface area (Å²) < 4.78 is 15.1. The molecule has 1 aromatic heterocycles. The minimum Gasteiger partial charge on any atom is -0.357 e. The van der Waals surface area contributed by atoms with Crippen molar-refractivity contribution in [3.63, 3.8) is 0 Å². The smallest absolute Gasteiger partial charge is 0.191 e. The highest BCUT2D eigenvalue weighted by atomic mass is 127. The lowest BCUT2D eigenvalue weighted by Gasteiger charge is -2.11. The number of imidazole rings is 1. The van der Waals surface area contributed by atoms with Gasteiger partial charge in [0.25, 0.3) is 0 Å². The number of guanidine groups is 1. The first-order valence-corrected chi connectivity index (χ1v) is 10.6. The van der Waals surface area contributed by atoms with Gasteiger partial charge in [-0.15, -0.1) is 35.7 Å². The number of benzene rings is 1. The number of aryl methyl sites for hydroxylation is 2. The minimum atomic E-state index is -0.189. The van der Waals surface area contributed by atoms with Crippen molar-refractivity contribution in [1.29, 1.82) is 0 Å². The number of hydrogen-bond donors (Lipinski definition) is 2. The van der Waals surface area contributed by atoms with E-state index in [0.29, 0.717) is 0 Å². The molecule has 5 nitrogen and oxygen atoms in total. The first kappa shape index (κ1) is 24.7. The Kier molecular flexibility index (Phi) is 13.0. The Hall–Kier alpha value is -1.29. The molecule has 2 rings (SSSR count). The van der Waals surface area contributed by atoms with Crippen molar-refractivity contribution in [1.82, 2.24) is 20.2 Å². The van der Waals surface area contributed by atoms with Crippen molar-refractivity contribution in [3.8, 4) is 0 Å². The molecule has 0 amide bonds. The molecule has 0 aliphatic rings. The maximum atomic E-state index is 12.9. The molecule has 1 aromatic carbocycles. The molecule has 156 valence electrons. The van der Waals surface area contributed by atoms with Crippen LogP contribution in [0, 0.1) is 12.7 Å². The van der Waals surface area contributed by atoms with Gasteiger partial charge in [0.05, 0.1) is 0 Å². The summed E-state index contributed by atoms with van der Waals surface area (Å²) in [6.45, 7) is 7.64. The van der Waals surface area contributed by atoms with Crippen LogP contribution < -0.4 is 10.6 Å². The summed E-state index contributed by atoms with van der Waals surface area (Å²) in [6.07, 6.45) is 7.05. The van der Waals surface area contributed by atoms with Crippen molar-refractivity contribution in [3.05, 3.63) is 48.3 Å². The van der Waals surface area contributed by atoms with Crippen LogP contribution in [0.15, 0.2) is 46.5 Å². The maximum Gasteiger partial charge on any atom is 0.191 e. The number of aromatic nitrogens is 2. The van der Waals surface area contributed by atoms with Gasteiger partial charge in [-0.05, 0) is 63.1 Å². The lowest BCUT2D eigenvalue weighted by atomic mass is 10.3. The number of halogens is 2. The Morgan fingerprint density at radius 3 is 2.64 bits per heavy atom. The average molecular weight is 519 g/mol. The van der Waals surface area contributed by atoms with Crippen LogP contribution in [-0.4, -0.2) is 40.9 Å². The molecule has 2 aromatic rings. The lowest BCUT2D eigenvalue weighted by molar-refractivity contribution is 0.588. The van der Waals surface area contributed by atoms with Gasteiger partial charge < -0.3 is 15.2 Å². The highest BCUT2D eigenvalue weighted by molar-refractivity contribution is 14.0. The Labute approximate surface area is 189 Å². The lowest BCUT2D eigenvalue weighted by Crippen LogP contribution is -2.38. The quantitative estimate of drug-likeness (QED) is 0.151. The van der Waals surface area contributed by atoms with Crippen molar-refractivity contribution < 1.29 is 4.39 Å². The summed E-state index contributed by atoms with van der Waals surface area (Å²) in [5, 5.41) is 6.68. The van der Waals surface area contributed by atoms with Crippen LogP contribution in [0.1, 0.15) is 32.0 Å². The van der Waals surface area contributed by atoms with E-state index in [1.165, 1.54) is 12.1 Å². The zero-order chi connectivity index (χ0) is 19.3. The topological polar surface area (TPSA) is 54.2 Å². The van der Waals surface area contributed by atoms with Gasteiger partial charge in [-0.25, -0.2) is 9.37 Å². The summed E-state index contributed by atoms with van der Waals surface area (Å²) in [7, 11) is 0. The number of aliphatic imine (C=N–C) groups is 1. The largest absolute Gasteiger partial charge is 0.357 e. The fourth-order valence-corrected chi connectivity index (χ4v) is 3.41. The molecule has 2 N–H and O–H groups in total. The third-order valence-corrected chi connectivity index (χ3v) is 5.14. The molecule has 0 spiro atoms. The average Bonchev–Trinajstić information content (AvgIpc) is 3.07. The number of thioether (sulfide) groups is 1. The van der Waals surface area contributed by atoms with Crippen LogP contribution in [-0.2, 0) is 6.54 Å². The van der Waals surface area contributed by atoms with Gasteiger partial charge in [-0.1, -0.05) is 0 Å². The Balaban J connectivity index is 0.00000392. The maximum absolute atomic E-state index is 12.9. The summed E-state index contributed by atoms with van der Waals surface area (Å²) in [6, 6.07) is 6.64. The van der Waals surface area contributed by atoms with Gasteiger partial charge in [0.15, 0.2) is 5.96 Å². The van der Waals surface area contributed by atoms with Gasteiger partial charge >= 0.3 is 0 Å². The number of rotatable bonds is 11. The molecular weight excluding hydrogens is 488 g/mol. The Morgan fingerprint density at radius 1 is 1.18 bits per heavy atom. The molecule has 0 unspecified atom stereocenters. The highest BCUT2D eigenvalue weighted by Gasteiger charge is 1.99. The molecule has 28 heavy (non-hydrogen) atoms. The van der Waals surface area contributed by atoms with Gasteiger partial charge in [0.1, 0.15) is 11.6 Å². The van der Waals surface area contributed by atoms with Gasteiger partial charge in [-0.2, -0.15) is 0 Å². The second-order valence-corrected chi connectivity index (χ2v) is 7.39. The molecule has 0 aliphatic heterocycles. The Bertz CT molecular complexity index is 690. The second kappa shape index (κ2) is 14.7. The van der Waals surface area contributed by atoms with E-state index in [4.69, 9.17) is 0 Å². The Morgan fingerprint density at radius 2 is 1.96 bits per heavy atom. The van der Waals surface area contributed by atoms with Crippen LogP contribution in [0.5, 0.6) is 0 Å². The normalized spacial score (nSPS) is 11.2. The molecule has 1 heterocycles. The predicted molar refractivity (Wildman–Crippen MR) is 127 cm³/mol. The molecule has 0 aliphatic carbocycles. The summed E-state index contributed by atoms with van der Waals surface area (Å²) >= 11 is 1.73. The zero-order valence-corrected chi connectivity index (χ0v) is 19.8.